The first-order chi connectivity index (χ1) is 9.38. The third kappa shape index (κ3) is 7.60. The Labute approximate surface area is 121 Å². The molecule has 4 heteroatoms. The molecule has 0 bridgehead atoms. The fourth-order valence-corrected chi connectivity index (χ4v) is 1.76. The van der Waals surface area contributed by atoms with E-state index in [0.29, 0.717) is 19.6 Å². The Balaban J connectivity index is 2.17. The zero-order valence-electron chi connectivity index (χ0n) is 12.7. The van der Waals surface area contributed by atoms with Gasteiger partial charge in [-0.1, -0.05) is 30.3 Å². The summed E-state index contributed by atoms with van der Waals surface area (Å²) in [6.07, 6.45) is -0.0195. The van der Waals surface area contributed by atoms with E-state index >= 15 is 0 Å². The highest BCUT2D eigenvalue weighted by Gasteiger charge is 2.15. The Hall–Kier alpha value is -0.940. The molecule has 0 heterocycles. The van der Waals surface area contributed by atoms with Crippen LogP contribution in [0.5, 0.6) is 0 Å². The molecule has 20 heavy (non-hydrogen) atoms. The normalized spacial score (nSPS) is 15.1. The molecule has 0 aliphatic heterocycles. The van der Waals surface area contributed by atoms with Crippen molar-refractivity contribution in [2.45, 2.75) is 44.9 Å². The second kappa shape index (κ2) is 8.37. The van der Waals surface area contributed by atoms with Crippen molar-refractivity contribution in [2.24, 2.45) is 5.73 Å². The molecule has 1 aromatic carbocycles. The van der Waals surface area contributed by atoms with Gasteiger partial charge >= 0.3 is 0 Å². The summed E-state index contributed by atoms with van der Waals surface area (Å²) in [7, 11) is 0. The number of benzene rings is 1. The maximum absolute atomic E-state index is 9.95. The highest BCUT2D eigenvalue weighted by atomic mass is 16.5. The standard InChI is InChI=1S/C16H27NO3/c1-16(2,3)20-10-9-19-12-15(18)14(17)11-13-7-5-4-6-8-13/h4-8,14-15,18H,9-12,17H2,1-3H3. The van der Waals surface area contributed by atoms with Crippen LogP contribution in [0.2, 0.25) is 0 Å². The van der Waals surface area contributed by atoms with Gasteiger partial charge in [-0.2, -0.15) is 0 Å². The summed E-state index contributed by atoms with van der Waals surface area (Å²) < 4.78 is 10.9. The van der Waals surface area contributed by atoms with Gasteiger partial charge in [-0.3, -0.25) is 0 Å². The molecular weight excluding hydrogens is 254 g/mol. The summed E-state index contributed by atoms with van der Waals surface area (Å²) in [5, 5.41) is 9.95. The molecule has 0 spiro atoms. The quantitative estimate of drug-likeness (QED) is 0.713. The molecule has 0 aliphatic rings. The Morgan fingerprint density at radius 1 is 1.15 bits per heavy atom. The van der Waals surface area contributed by atoms with Crippen LogP contribution < -0.4 is 5.73 Å². The molecule has 0 fully saturated rings. The second-order valence-electron chi connectivity index (χ2n) is 5.96. The number of aliphatic hydroxyl groups excluding tert-OH is 1. The molecule has 2 unspecified atom stereocenters. The van der Waals surface area contributed by atoms with E-state index in [1.165, 1.54) is 0 Å². The van der Waals surface area contributed by atoms with E-state index in [9.17, 15) is 5.11 Å². The SMILES string of the molecule is CC(C)(C)OCCOCC(O)C(N)Cc1ccccc1. The lowest BCUT2D eigenvalue weighted by Gasteiger charge is -2.21. The summed E-state index contributed by atoms with van der Waals surface area (Å²) in [5.41, 5.74) is 6.93. The van der Waals surface area contributed by atoms with E-state index in [-0.39, 0.29) is 18.2 Å². The van der Waals surface area contributed by atoms with Gasteiger partial charge in [0.15, 0.2) is 0 Å². The van der Waals surface area contributed by atoms with Crippen LogP contribution in [-0.2, 0) is 15.9 Å². The highest BCUT2D eigenvalue weighted by Crippen LogP contribution is 2.07. The summed E-state index contributed by atoms with van der Waals surface area (Å²) in [6, 6.07) is 9.59. The topological polar surface area (TPSA) is 64.7 Å². The van der Waals surface area contributed by atoms with Gasteiger partial charge in [0, 0.05) is 6.04 Å². The average molecular weight is 281 g/mol. The Morgan fingerprint density at radius 3 is 2.40 bits per heavy atom. The minimum absolute atomic E-state index is 0.161. The van der Waals surface area contributed by atoms with Gasteiger partial charge in [-0.05, 0) is 32.8 Å². The average Bonchev–Trinajstić information content (AvgIpc) is 2.38. The third-order valence-electron chi connectivity index (χ3n) is 2.86. The van der Waals surface area contributed by atoms with E-state index in [1.54, 1.807) is 0 Å². The van der Waals surface area contributed by atoms with Gasteiger partial charge in [0.05, 0.1) is 31.5 Å². The van der Waals surface area contributed by atoms with E-state index in [0.717, 1.165) is 5.56 Å². The Morgan fingerprint density at radius 2 is 1.80 bits per heavy atom. The lowest BCUT2D eigenvalue weighted by atomic mass is 10.0. The predicted octanol–water partition coefficient (Wildman–Crippen LogP) is 1.75. The van der Waals surface area contributed by atoms with Gasteiger partial charge in [0.1, 0.15) is 0 Å². The number of ether oxygens (including phenoxy) is 2. The maximum Gasteiger partial charge on any atom is 0.0927 e. The van der Waals surface area contributed by atoms with Crippen molar-refractivity contribution in [1.82, 2.24) is 0 Å². The number of rotatable bonds is 8. The van der Waals surface area contributed by atoms with Crippen LogP contribution in [0.4, 0.5) is 0 Å². The van der Waals surface area contributed by atoms with E-state index < -0.39 is 6.10 Å². The number of nitrogens with two attached hydrogens (primary N) is 1. The molecule has 0 aliphatic carbocycles. The zero-order chi connectivity index (χ0) is 15.0. The molecule has 0 saturated heterocycles. The highest BCUT2D eigenvalue weighted by molar-refractivity contribution is 5.16. The smallest absolute Gasteiger partial charge is 0.0927 e. The van der Waals surface area contributed by atoms with Crippen molar-refractivity contribution in [3.05, 3.63) is 35.9 Å². The summed E-state index contributed by atoms with van der Waals surface area (Å²) in [5.74, 6) is 0. The van der Waals surface area contributed by atoms with Crippen molar-refractivity contribution in [2.75, 3.05) is 19.8 Å². The Bertz CT molecular complexity index is 362. The van der Waals surface area contributed by atoms with Gasteiger partial charge in [-0.25, -0.2) is 0 Å². The van der Waals surface area contributed by atoms with Crippen molar-refractivity contribution >= 4 is 0 Å². The van der Waals surface area contributed by atoms with Crippen LogP contribution in [0.3, 0.4) is 0 Å². The molecule has 0 aromatic heterocycles. The van der Waals surface area contributed by atoms with Crippen molar-refractivity contribution in [1.29, 1.82) is 0 Å². The van der Waals surface area contributed by atoms with Gasteiger partial charge < -0.3 is 20.3 Å². The van der Waals surface area contributed by atoms with Crippen molar-refractivity contribution in [3.8, 4) is 0 Å². The van der Waals surface area contributed by atoms with Crippen LogP contribution in [0, 0.1) is 0 Å². The number of hydrogen-bond acceptors (Lipinski definition) is 4. The maximum atomic E-state index is 9.95. The van der Waals surface area contributed by atoms with Crippen molar-refractivity contribution in [3.63, 3.8) is 0 Å². The lowest BCUT2D eigenvalue weighted by molar-refractivity contribution is -0.0498. The summed E-state index contributed by atoms with van der Waals surface area (Å²) in [6.45, 7) is 7.21. The summed E-state index contributed by atoms with van der Waals surface area (Å²) >= 11 is 0. The molecule has 1 aromatic rings. The minimum Gasteiger partial charge on any atom is -0.389 e. The van der Waals surface area contributed by atoms with Crippen LogP contribution >= 0.6 is 0 Å². The zero-order valence-corrected chi connectivity index (χ0v) is 12.7. The van der Waals surface area contributed by atoms with Crippen LogP contribution in [0.25, 0.3) is 0 Å². The largest absolute Gasteiger partial charge is 0.389 e. The van der Waals surface area contributed by atoms with Crippen molar-refractivity contribution < 1.29 is 14.6 Å². The van der Waals surface area contributed by atoms with E-state index in [2.05, 4.69) is 0 Å². The molecule has 1 rings (SSSR count). The molecule has 0 radical (unpaired) electrons. The van der Waals surface area contributed by atoms with Crippen LogP contribution in [0.15, 0.2) is 30.3 Å². The molecule has 114 valence electrons. The monoisotopic (exact) mass is 281 g/mol. The molecule has 4 nitrogen and oxygen atoms in total. The lowest BCUT2D eigenvalue weighted by Crippen LogP contribution is -2.40. The van der Waals surface area contributed by atoms with Gasteiger partial charge in [-0.15, -0.1) is 0 Å². The van der Waals surface area contributed by atoms with E-state index in [1.807, 2.05) is 51.1 Å². The summed E-state index contributed by atoms with van der Waals surface area (Å²) in [4.78, 5) is 0. The fourth-order valence-electron chi connectivity index (χ4n) is 1.76. The first-order valence-electron chi connectivity index (χ1n) is 7.08. The molecule has 0 saturated carbocycles. The van der Waals surface area contributed by atoms with Gasteiger partial charge in [0.2, 0.25) is 0 Å². The molecular formula is C16H27NO3. The minimum atomic E-state index is -0.662. The third-order valence-corrected chi connectivity index (χ3v) is 2.86. The molecule has 3 N–H and O–H groups in total. The molecule has 0 amide bonds. The van der Waals surface area contributed by atoms with Crippen LogP contribution in [0.1, 0.15) is 26.3 Å². The van der Waals surface area contributed by atoms with Gasteiger partial charge in [0.25, 0.3) is 0 Å². The number of hydrogen-bond donors (Lipinski definition) is 2. The van der Waals surface area contributed by atoms with E-state index in [4.69, 9.17) is 15.2 Å². The molecule has 2 atom stereocenters. The van der Waals surface area contributed by atoms with Crippen LogP contribution in [-0.4, -0.2) is 42.7 Å². The Kier molecular flexibility index (Phi) is 7.16. The fraction of sp³-hybridized carbons (Fsp3) is 0.625. The first kappa shape index (κ1) is 17.1. The predicted molar refractivity (Wildman–Crippen MR) is 80.7 cm³/mol. The second-order valence-corrected chi connectivity index (χ2v) is 5.96. The first-order valence-corrected chi connectivity index (χ1v) is 7.08. The number of aliphatic hydroxyl groups is 1.